The van der Waals surface area contributed by atoms with Crippen LogP contribution in [0.1, 0.15) is 32.9 Å². The van der Waals surface area contributed by atoms with Crippen LogP contribution in [-0.4, -0.2) is 16.1 Å². The molecule has 0 radical (unpaired) electrons. The summed E-state index contributed by atoms with van der Waals surface area (Å²) in [6.07, 6.45) is 5.93. The van der Waals surface area contributed by atoms with Crippen molar-refractivity contribution < 1.29 is 0 Å². The predicted octanol–water partition coefficient (Wildman–Crippen LogP) is 1.82. The molecule has 0 amide bonds. The van der Waals surface area contributed by atoms with Gasteiger partial charge < -0.3 is 10.3 Å². The first kappa shape index (κ1) is 11.2. The highest BCUT2D eigenvalue weighted by atomic mass is 15.0. The Kier molecular flexibility index (Phi) is 3.69. The molecule has 0 atom stereocenters. The van der Waals surface area contributed by atoms with E-state index in [0.717, 1.165) is 25.9 Å². The van der Waals surface area contributed by atoms with Gasteiger partial charge in [-0.25, -0.2) is 4.98 Å². The first-order valence-corrected chi connectivity index (χ1v) is 5.22. The summed E-state index contributed by atoms with van der Waals surface area (Å²) in [7, 11) is 0. The molecule has 0 spiro atoms. The van der Waals surface area contributed by atoms with Crippen LogP contribution in [-0.2, 0) is 13.0 Å². The molecule has 3 nitrogen and oxygen atoms in total. The van der Waals surface area contributed by atoms with Gasteiger partial charge in [-0.05, 0) is 24.8 Å². The van der Waals surface area contributed by atoms with Gasteiger partial charge in [-0.1, -0.05) is 20.8 Å². The van der Waals surface area contributed by atoms with E-state index in [-0.39, 0.29) is 0 Å². The second-order valence-electron chi connectivity index (χ2n) is 4.97. The van der Waals surface area contributed by atoms with Crippen molar-refractivity contribution in [2.24, 2.45) is 11.1 Å². The van der Waals surface area contributed by atoms with Gasteiger partial charge in [0, 0.05) is 18.4 Å². The lowest BCUT2D eigenvalue weighted by atomic mass is 9.97. The average Bonchev–Trinajstić information content (AvgIpc) is 2.45. The van der Waals surface area contributed by atoms with Crippen LogP contribution in [0.25, 0.3) is 0 Å². The number of nitrogens with two attached hydrogens (primary N) is 1. The predicted molar refractivity (Wildman–Crippen MR) is 59.1 cm³/mol. The molecule has 0 saturated heterocycles. The molecule has 0 fully saturated rings. The van der Waals surface area contributed by atoms with Gasteiger partial charge >= 0.3 is 0 Å². The Labute approximate surface area is 86.3 Å². The molecule has 3 heteroatoms. The van der Waals surface area contributed by atoms with Gasteiger partial charge in [-0.3, -0.25) is 0 Å². The summed E-state index contributed by atoms with van der Waals surface area (Å²) in [4.78, 5) is 4.18. The molecule has 1 heterocycles. The Balaban J connectivity index is 2.63. The largest absolute Gasteiger partial charge is 0.334 e. The summed E-state index contributed by atoms with van der Waals surface area (Å²) in [6.45, 7) is 8.48. The van der Waals surface area contributed by atoms with Gasteiger partial charge in [0.25, 0.3) is 0 Å². The van der Waals surface area contributed by atoms with E-state index in [2.05, 4.69) is 30.3 Å². The lowest BCUT2D eigenvalue weighted by Crippen LogP contribution is -2.17. The summed E-state index contributed by atoms with van der Waals surface area (Å²) >= 11 is 0. The molecule has 0 saturated carbocycles. The number of rotatable bonds is 4. The van der Waals surface area contributed by atoms with Gasteiger partial charge in [0.1, 0.15) is 0 Å². The molecule has 0 aromatic carbocycles. The first-order chi connectivity index (χ1) is 6.53. The molecule has 1 aromatic rings. The summed E-state index contributed by atoms with van der Waals surface area (Å²) < 4.78 is 2.23. The first-order valence-electron chi connectivity index (χ1n) is 5.22. The summed E-state index contributed by atoms with van der Waals surface area (Å²) in [5.74, 6) is 0. The van der Waals surface area contributed by atoms with Gasteiger partial charge in [0.15, 0.2) is 0 Å². The second-order valence-corrected chi connectivity index (χ2v) is 4.97. The standard InChI is InChI=1S/C11H21N3/c1-11(2,3)8-14-9-13-7-10(14)5-4-6-12/h7,9H,4-6,8,12H2,1-3H3. The van der Waals surface area contributed by atoms with Crippen molar-refractivity contribution in [3.05, 3.63) is 18.2 Å². The van der Waals surface area contributed by atoms with Crippen LogP contribution in [0, 0.1) is 5.41 Å². The zero-order chi connectivity index (χ0) is 10.6. The quantitative estimate of drug-likeness (QED) is 0.796. The van der Waals surface area contributed by atoms with Crippen molar-refractivity contribution in [2.45, 2.75) is 40.2 Å². The number of aromatic nitrogens is 2. The molecule has 0 bridgehead atoms. The van der Waals surface area contributed by atoms with E-state index < -0.39 is 0 Å². The normalized spacial score (nSPS) is 12.0. The molecule has 80 valence electrons. The molecule has 0 aliphatic carbocycles. The monoisotopic (exact) mass is 195 g/mol. The minimum absolute atomic E-state index is 0.304. The van der Waals surface area contributed by atoms with Crippen LogP contribution in [0.4, 0.5) is 0 Å². The van der Waals surface area contributed by atoms with E-state index in [9.17, 15) is 0 Å². The maximum Gasteiger partial charge on any atom is 0.0948 e. The van der Waals surface area contributed by atoms with Crippen LogP contribution in [0.2, 0.25) is 0 Å². The molecule has 1 aromatic heterocycles. The van der Waals surface area contributed by atoms with E-state index in [1.165, 1.54) is 5.69 Å². The second kappa shape index (κ2) is 4.60. The van der Waals surface area contributed by atoms with E-state index in [1.807, 2.05) is 12.5 Å². The Hall–Kier alpha value is -0.830. The molecule has 2 N–H and O–H groups in total. The van der Waals surface area contributed by atoms with Gasteiger partial charge in [0.2, 0.25) is 0 Å². The number of imidazole rings is 1. The van der Waals surface area contributed by atoms with Gasteiger partial charge in [-0.15, -0.1) is 0 Å². The molecule has 0 aliphatic heterocycles. The molecule has 0 aliphatic rings. The van der Waals surface area contributed by atoms with Crippen LogP contribution in [0.15, 0.2) is 12.5 Å². The van der Waals surface area contributed by atoms with E-state index in [1.54, 1.807) is 0 Å². The zero-order valence-electron chi connectivity index (χ0n) is 9.45. The minimum atomic E-state index is 0.304. The number of aryl methyl sites for hydroxylation is 1. The van der Waals surface area contributed by atoms with Crippen molar-refractivity contribution in [3.63, 3.8) is 0 Å². The third kappa shape index (κ3) is 3.50. The van der Waals surface area contributed by atoms with Crippen molar-refractivity contribution in [2.75, 3.05) is 6.54 Å². The van der Waals surface area contributed by atoms with Crippen molar-refractivity contribution >= 4 is 0 Å². The third-order valence-electron chi connectivity index (χ3n) is 2.08. The molecule has 1 rings (SSSR count). The Morgan fingerprint density at radius 3 is 2.71 bits per heavy atom. The minimum Gasteiger partial charge on any atom is -0.334 e. The maximum absolute atomic E-state index is 5.49. The topological polar surface area (TPSA) is 43.8 Å². The Morgan fingerprint density at radius 2 is 2.14 bits per heavy atom. The fourth-order valence-corrected chi connectivity index (χ4v) is 1.49. The van der Waals surface area contributed by atoms with E-state index >= 15 is 0 Å². The van der Waals surface area contributed by atoms with Crippen molar-refractivity contribution in [3.8, 4) is 0 Å². The van der Waals surface area contributed by atoms with Crippen LogP contribution < -0.4 is 5.73 Å². The molecule has 14 heavy (non-hydrogen) atoms. The van der Waals surface area contributed by atoms with Gasteiger partial charge in [-0.2, -0.15) is 0 Å². The lowest BCUT2D eigenvalue weighted by molar-refractivity contribution is 0.338. The highest BCUT2D eigenvalue weighted by Crippen LogP contribution is 2.17. The maximum atomic E-state index is 5.49. The number of hydrogen-bond acceptors (Lipinski definition) is 2. The molecular formula is C11H21N3. The van der Waals surface area contributed by atoms with Crippen molar-refractivity contribution in [1.29, 1.82) is 0 Å². The highest BCUT2D eigenvalue weighted by Gasteiger charge is 2.12. The SMILES string of the molecule is CC(C)(C)Cn1cncc1CCCN. The van der Waals surface area contributed by atoms with Crippen LogP contribution in [0.3, 0.4) is 0 Å². The summed E-state index contributed by atoms with van der Waals surface area (Å²) in [5, 5.41) is 0. The van der Waals surface area contributed by atoms with Crippen LogP contribution in [0.5, 0.6) is 0 Å². The average molecular weight is 195 g/mol. The lowest BCUT2D eigenvalue weighted by Gasteiger charge is -2.20. The Bertz CT molecular complexity index is 270. The smallest absolute Gasteiger partial charge is 0.0948 e. The fraction of sp³-hybridized carbons (Fsp3) is 0.727. The summed E-state index contributed by atoms with van der Waals surface area (Å²) in [5.41, 5.74) is 7.09. The van der Waals surface area contributed by atoms with E-state index in [0.29, 0.717) is 5.41 Å². The Morgan fingerprint density at radius 1 is 1.43 bits per heavy atom. The molecular weight excluding hydrogens is 174 g/mol. The zero-order valence-corrected chi connectivity index (χ0v) is 9.45. The fourth-order valence-electron chi connectivity index (χ4n) is 1.49. The van der Waals surface area contributed by atoms with Gasteiger partial charge in [0.05, 0.1) is 6.33 Å². The highest BCUT2D eigenvalue weighted by molar-refractivity contribution is 4.99. The number of hydrogen-bond donors (Lipinski definition) is 1. The van der Waals surface area contributed by atoms with E-state index in [4.69, 9.17) is 5.73 Å². The summed E-state index contributed by atoms with van der Waals surface area (Å²) in [6, 6.07) is 0. The number of nitrogens with zero attached hydrogens (tertiary/aromatic N) is 2. The van der Waals surface area contributed by atoms with Crippen molar-refractivity contribution in [1.82, 2.24) is 9.55 Å². The third-order valence-corrected chi connectivity index (χ3v) is 2.08. The molecule has 0 unspecified atom stereocenters. The van der Waals surface area contributed by atoms with Crippen LogP contribution >= 0.6 is 0 Å².